The van der Waals surface area contributed by atoms with Crippen molar-refractivity contribution in [2.45, 2.75) is 46.1 Å². The molecular formula is C24H24FN5O. The molecule has 7 heteroatoms. The molecule has 158 valence electrons. The second-order valence-electron chi connectivity index (χ2n) is 8.19. The number of rotatable bonds is 3. The van der Waals surface area contributed by atoms with Gasteiger partial charge in [-0.2, -0.15) is 0 Å². The third kappa shape index (κ3) is 3.50. The Morgan fingerprint density at radius 1 is 1.10 bits per heavy atom. The van der Waals surface area contributed by atoms with Crippen LogP contribution in [0.25, 0.3) is 22.3 Å². The molecule has 31 heavy (non-hydrogen) atoms. The first kappa shape index (κ1) is 19.5. The van der Waals surface area contributed by atoms with Crippen LogP contribution in [0.5, 0.6) is 0 Å². The summed E-state index contributed by atoms with van der Waals surface area (Å²) in [6.45, 7) is 4.87. The smallest absolute Gasteiger partial charge is 0.255 e. The van der Waals surface area contributed by atoms with Gasteiger partial charge >= 0.3 is 0 Å². The zero-order chi connectivity index (χ0) is 21.5. The largest absolute Gasteiger partial charge is 0.358 e. The van der Waals surface area contributed by atoms with Gasteiger partial charge in [-0.05, 0) is 68.7 Å². The van der Waals surface area contributed by atoms with Gasteiger partial charge in [0.25, 0.3) is 5.91 Å². The normalized spacial score (nSPS) is 13.8. The molecule has 0 fully saturated rings. The number of carbonyl (C=O) groups excluding carboxylic acids is 1. The Bertz CT molecular complexity index is 1300. The molecule has 0 unspecified atom stereocenters. The number of nitrogens with zero attached hydrogens (tertiary/aromatic N) is 3. The Labute approximate surface area is 179 Å². The number of halogens is 1. The van der Waals surface area contributed by atoms with Crippen LogP contribution in [-0.2, 0) is 13.0 Å². The Balaban J connectivity index is 1.46. The van der Waals surface area contributed by atoms with Gasteiger partial charge in [-0.15, -0.1) is 10.2 Å². The Hall–Kier alpha value is -3.48. The summed E-state index contributed by atoms with van der Waals surface area (Å²) in [5.41, 5.74) is 4.51. The van der Waals surface area contributed by atoms with Crippen molar-refractivity contribution in [3.63, 3.8) is 0 Å². The highest BCUT2D eigenvalue weighted by Gasteiger charge is 2.18. The summed E-state index contributed by atoms with van der Waals surface area (Å²) in [5, 5.41) is 12.4. The second kappa shape index (κ2) is 7.65. The maximum atomic E-state index is 14.5. The lowest BCUT2D eigenvalue weighted by Gasteiger charge is -2.11. The van der Waals surface area contributed by atoms with E-state index in [1.54, 1.807) is 18.2 Å². The van der Waals surface area contributed by atoms with E-state index < -0.39 is 5.82 Å². The molecule has 6 nitrogen and oxygen atoms in total. The molecule has 2 aromatic carbocycles. The maximum absolute atomic E-state index is 14.5. The molecule has 0 spiro atoms. The van der Waals surface area contributed by atoms with Crippen LogP contribution in [0.4, 0.5) is 10.1 Å². The molecule has 1 aliphatic heterocycles. The monoisotopic (exact) mass is 417 g/mol. The number of aromatic nitrogens is 4. The van der Waals surface area contributed by atoms with E-state index in [0.29, 0.717) is 11.4 Å². The zero-order valence-electron chi connectivity index (χ0n) is 17.6. The topological polar surface area (TPSA) is 75.6 Å². The van der Waals surface area contributed by atoms with E-state index in [2.05, 4.69) is 25.1 Å². The molecule has 0 saturated heterocycles. The molecule has 2 N–H and O–H groups in total. The average molecular weight is 417 g/mol. The first-order valence-corrected chi connectivity index (χ1v) is 10.6. The quantitative estimate of drug-likeness (QED) is 0.483. The lowest BCUT2D eigenvalue weighted by atomic mass is 10.1. The number of H-pyrrole nitrogens is 1. The summed E-state index contributed by atoms with van der Waals surface area (Å²) in [6.07, 6.45) is 4.24. The molecule has 0 atom stereocenters. The summed E-state index contributed by atoms with van der Waals surface area (Å²) >= 11 is 0. The fourth-order valence-corrected chi connectivity index (χ4v) is 4.26. The summed E-state index contributed by atoms with van der Waals surface area (Å²) in [5.74, 6) is 0.846. The summed E-state index contributed by atoms with van der Waals surface area (Å²) in [7, 11) is 0. The Kier molecular flexibility index (Phi) is 4.81. The van der Waals surface area contributed by atoms with Crippen molar-refractivity contribution in [2.24, 2.45) is 0 Å². The standard InChI is InChI=1S/C24H24FN5O/c1-14-15(2)26-20-10-8-17(12-18(14)20)24(31)27-21-13-16(7-9-19(21)25)23-29-28-22-6-4-3-5-11-30(22)23/h7-10,12-13,26H,3-6,11H2,1-2H3,(H,27,31). The van der Waals surface area contributed by atoms with E-state index in [1.807, 2.05) is 26.0 Å². The van der Waals surface area contributed by atoms with Gasteiger partial charge in [-0.3, -0.25) is 4.79 Å². The van der Waals surface area contributed by atoms with Crippen LogP contribution in [0.3, 0.4) is 0 Å². The highest BCUT2D eigenvalue weighted by Crippen LogP contribution is 2.28. The van der Waals surface area contributed by atoms with Crippen molar-refractivity contribution in [2.75, 3.05) is 5.32 Å². The molecular weight excluding hydrogens is 393 g/mol. The third-order valence-electron chi connectivity index (χ3n) is 6.15. The minimum Gasteiger partial charge on any atom is -0.358 e. The predicted molar refractivity (Wildman–Crippen MR) is 119 cm³/mol. The van der Waals surface area contributed by atoms with E-state index in [-0.39, 0.29) is 11.6 Å². The predicted octanol–water partition coefficient (Wildman–Crippen LogP) is 5.16. The number of anilines is 1. The van der Waals surface area contributed by atoms with Crippen molar-refractivity contribution in [1.29, 1.82) is 0 Å². The lowest BCUT2D eigenvalue weighted by Crippen LogP contribution is -2.13. The number of aromatic amines is 1. The van der Waals surface area contributed by atoms with Gasteiger partial charge < -0.3 is 14.9 Å². The fraction of sp³-hybridized carbons (Fsp3) is 0.292. The minimum atomic E-state index is -0.484. The maximum Gasteiger partial charge on any atom is 0.255 e. The fourth-order valence-electron chi connectivity index (χ4n) is 4.26. The SMILES string of the molecule is Cc1[nH]c2ccc(C(=O)Nc3cc(-c4nnc5n4CCCCC5)ccc3F)cc2c1C. The number of nitrogens with one attached hydrogen (secondary N) is 2. The number of aryl methyl sites for hydroxylation is 3. The van der Waals surface area contributed by atoms with Crippen LogP contribution >= 0.6 is 0 Å². The van der Waals surface area contributed by atoms with Crippen molar-refractivity contribution < 1.29 is 9.18 Å². The van der Waals surface area contributed by atoms with E-state index >= 15 is 0 Å². The van der Waals surface area contributed by atoms with Crippen LogP contribution in [0.2, 0.25) is 0 Å². The van der Waals surface area contributed by atoms with Gasteiger partial charge in [0, 0.05) is 40.7 Å². The van der Waals surface area contributed by atoms with Crippen molar-refractivity contribution in [1.82, 2.24) is 19.7 Å². The van der Waals surface area contributed by atoms with Crippen LogP contribution < -0.4 is 5.32 Å². The number of hydrogen-bond acceptors (Lipinski definition) is 3. The first-order valence-electron chi connectivity index (χ1n) is 10.6. The minimum absolute atomic E-state index is 0.135. The molecule has 0 radical (unpaired) electrons. The van der Waals surface area contributed by atoms with Crippen molar-refractivity contribution in [3.8, 4) is 11.4 Å². The van der Waals surface area contributed by atoms with Gasteiger partial charge in [-0.25, -0.2) is 4.39 Å². The molecule has 2 aromatic heterocycles. The zero-order valence-corrected chi connectivity index (χ0v) is 17.6. The second-order valence-corrected chi connectivity index (χ2v) is 8.19. The summed E-state index contributed by atoms with van der Waals surface area (Å²) < 4.78 is 16.7. The van der Waals surface area contributed by atoms with Crippen molar-refractivity contribution in [3.05, 3.63) is 64.9 Å². The van der Waals surface area contributed by atoms with Gasteiger partial charge in [0.15, 0.2) is 5.82 Å². The van der Waals surface area contributed by atoms with Crippen LogP contribution in [0.1, 0.15) is 46.7 Å². The molecule has 3 heterocycles. The van der Waals surface area contributed by atoms with Gasteiger partial charge in [0.2, 0.25) is 0 Å². The van der Waals surface area contributed by atoms with Crippen molar-refractivity contribution >= 4 is 22.5 Å². The van der Waals surface area contributed by atoms with Crippen LogP contribution in [-0.4, -0.2) is 25.7 Å². The van der Waals surface area contributed by atoms with Crippen LogP contribution in [0.15, 0.2) is 36.4 Å². The summed E-state index contributed by atoms with van der Waals surface area (Å²) in [4.78, 5) is 16.2. The first-order chi connectivity index (χ1) is 15.0. The van der Waals surface area contributed by atoms with E-state index in [1.165, 1.54) is 6.07 Å². The molecule has 0 bridgehead atoms. The lowest BCUT2D eigenvalue weighted by molar-refractivity contribution is 0.102. The highest BCUT2D eigenvalue weighted by atomic mass is 19.1. The number of benzene rings is 2. The molecule has 5 rings (SSSR count). The van der Waals surface area contributed by atoms with E-state index in [4.69, 9.17) is 0 Å². The van der Waals surface area contributed by atoms with E-state index in [0.717, 1.165) is 65.8 Å². The average Bonchev–Trinajstić information content (AvgIpc) is 3.19. The third-order valence-corrected chi connectivity index (χ3v) is 6.15. The van der Waals surface area contributed by atoms with Crippen LogP contribution in [0, 0.1) is 19.7 Å². The number of carbonyl (C=O) groups is 1. The molecule has 4 aromatic rings. The number of amides is 1. The molecule has 0 saturated carbocycles. The van der Waals surface area contributed by atoms with Gasteiger partial charge in [-0.1, -0.05) is 6.42 Å². The van der Waals surface area contributed by atoms with Gasteiger partial charge in [0.1, 0.15) is 11.6 Å². The molecule has 1 amide bonds. The van der Waals surface area contributed by atoms with E-state index in [9.17, 15) is 9.18 Å². The Morgan fingerprint density at radius 2 is 1.97 bits per heavy atom. The van der Waals surface area contributed by atoms with Gasteiger partial charge in [0.05, 0.1) is 5.69 Å². The summed E-state index contributed by atoms with van der Waals surface area (Å²) in [6, 6.07) is 10.1. The Morgan fingerprint density at radius 3 is 2.84 bits per heavy atom. The molecule has 0 aliphatic carbocycles. The highest BCUT2D eigenvalue weighted by molar-refractivity contribution is 6.06. The number of fused-ring (bicyclic) bond motifs is 2. The number of hydrogen-bond donors (Lipinski definition) is 2. The molecule has 1 aliphatic rings.